The van der Waals surface area contributed by atoms with E-state index in [1.165, 1.54) is 11.1 Å². The highest BCUT2D eigenvalue weighted by Gasteiger charge is 2.20. The van der Waals surface area contributed by atoms with Crippen LogP contribution in [0.15, 0.2) is 66.9 Å². The molecule has 0 unspecified atom stereocenters. The Hall–Kier alpha value is -3.05. The number of ether oxygens (including phenoxy) is 2. The number of methoxy groups -OCH3 is 2. The maximum absolute atomic E-state index is 9.64. The molecule has 1 aromatic heterocycles. The predicted molar refractivity (Wildman–Crippen MR) is 120 cm³/mol. The van der Waals surface area contributed by atoms with Crippen LogP contribution in [0.1, 0.15) is 30.5 Å². The van der Waals surface area contributed by atoms with Crippen molar-refractivity contribution in [3.05, 3.63) is 83.6 Å². The zero-order chi connectivity index (χ0) is 21.6. The molecule has 0 amide bonds. The molecule has 0 bridgehead atoms. The third kappa shape index (κ3) is 5.30. The van der Waals surface area contributed by atoms with Crippen LogP contribution in [0.25, 0.3) is 0 Å². The Morgan fingerprint density at radius 3 is 1.67 bits per heavy atom. The summed E-state index contributed by atoms with van der Waals surface area (Å²) < 4.78 is 10.5. The number of hydrogen-bond donors (Lipinski definition) is 1. The molecule has 0 aliphatic heterocycles. The van der Waals surface area contributed by atoms with E-state index in [2.05, 4.69) is 29.2 Å². The second kappa shape index (κ2) is 9.63. The van der Waals surface area contributed by atoms with Gasteiger partial charge in [-0.3, -0.25) is 0 Å². The highest BCUT2D eigenvalue weighted by atomic mass is 16.5. The van der Waals surface area contributed by atoms with Crippen molar-refractivity contribution in [3.8, 4) is 11.5 Å². The molecule has 0 aliphatic rings. The topological polar surface area (TPSA) is 54.8 Å². The Balaban J connectivity index is 1.87. The molecule has 3 aromatic rings. The number of aliphatic hydroxyl groups is 1. The van der Waals surface area contributed by atoms with Crippen molar-refractivity contribution in [2.24, 2.45) is 0 Å². The Labute approximate surface area is 178 Å². The zero-order valence-corrected chi connectivity index (χ0v) is 18.1. The fraction of sp³-hybridized carbons (Fsp3) is 0.320. The largest absolute Gasteiger partial charge is 0.497 e. The minimum absolute atomic E-state index is 0.0788. The van der Waals surface area contributed by atoms with Crippen LogP contribution in [0.3, 0.4) is 0 Å². The maximum atomic E-state index is 9.64. The van der Waals surface area contributed by atoms with Gasteiger partial charge in [-0.15, -0.1) is 0 Å². The van der Waals surface area contributed by atoms with E-state index in [0.717, 1.165) is 22.9 Å². The average molecular weight is 407 g/mol. The van der Waals surface area contributed by atoms with Gasteiger partial charge in [-0.2, -0.15) is 0 Å². The van der Waals surface area contributed by atoms with Crippen LogP contribution in [0.4, 0.5) is 5.82 Å². The Kier molecular flexibility index (Phi) is 6.95. The van der Waals surface area contributed by atoms with E-state index in [9.17, 15) is 5.11 Å². The van der Waals surface area contributed by atoms with Crippen molar-refractivity contribution in [1.82, 2.24) is 4.98 Å². The van der Waals surface area contributed by atoms with Gasteiger partial charge >= 0.3 is 0 Å². The molecular weight excluding hydrogens is 376 g/mol. The number of rotatable bonds is 9. The number of aliphatic hydroxyl groups excluding tert-OH is 1. The van der Waals surface area contributed by atoms with Crippen LogP contribution < -0.4 is 14.4 Å². The van der Waals surface area contributed by atoms with Crippen LogP contribution in [-0.4, -0.2) is 30.9 Å². The van der Waals surface area contributed by atoms with Crippen molar-refractivity contribution in [2.45, 2.75) is 32.4 Å². The molecule has 1 heterocycles. The molecule has 0 radical (unpaired) electrons. The number of benzene rings is 2. The molecule has 0 aliphatic carbocycles. The molecule has 2 aromatic carbocycles. The molecule has 158 valence electrons. The van der Waals surface area contributed by atoms with Gasteiger partial charge in [-0.05, 0) is 47.0 Å². The SMILES string of the molecule is COc1ccc(CN(Cc2ccc(OC)cc2)c2ccc(C(C)(C)CO)cn2)cc1. The fourth-order valence-corrected chi connectivity index (χ4v) is 3.19. The highest BCUT2D eigenvalue weighted by molar-refractivity contribution is 5.43. The lowest BCUT2D eigenvalue weighted by atomic mass is 9.87. The van der Waals surface area contributed by atoms with Gasteiger partial charge in [0.2, 0.25) is 0 Å². The number of nitrogens with zero attached hydrogens (tertiary/aromatic N) is 2. The van der Waals surface area contributed by atoms with E-state index in [0.29, 0.717) is 13.1 Å². The van der Waals surface area contributed by atoms with Crippen LogP contribution in [-0.2, 0) is 18.5 Å². The van der Waals surface area contributed by atoms with Gasteiger partial charge in [0, 0.05) is 24.7 Å². The first-order chi connectivity index (χ1) is 14.4. The zero-order valence-electron chi connectivity index (χ0n) is 18.1. The van der Waals surface area contributed by atoms with E-state index in [1.807, 2.05) is 56.4 Å². The standard InChI is InChI=1S/C25H30N2O3/c1-25(2,18-28)21-9-14-24(26-15-21)27(16-19-5-10-22(29-3)11-6-19)17-20-7-12-23(30-4)13-8-20/h5-15,28H,16-18H2,1-4H3. The predicted octanol–water partition coefficient (Wildman–Crippen LogP) is 4.58. The Bertz CT molecular complexity index is 871. The Morgan fingerprint density at radius 2 is 1.30 bits per heavy atom. The summed E-state index contributed by atoms with van der Waals surface area (Å²) in [5.41, 5.74) is 3.04. The second-order valence-electron chi connectivity index (χ2n) is 8.00. The number of hydrogen-bond acceptors (Lipinski definition) is 5. The first kappa shape index (κ1) is 21.7. The highest BCUT2D eigenvalue weighted by Crippen LogP contribution is 2.25. The van der Waals surface area contributed by atoms with Gasteiger partial charge in [-0.1, -0.05) is 44.2 Å². The molecule has 0 saturated carbocycles. The Morgan fingerprint density at radius 1 is 0.800 bits per heavy atom. The monoisotopic (exact) mass is 406 g/mol. The molecular formula is C25H30N2O3. The van der Waals surface area contributed by atoms with E-state index < -0.39 is 0 Å². The summed E-state index contributed by atoms with van der Waals surface area (Å²) in [5, 5.41) is 9.64. The quantitative estimate of drug-likeness (QED) is 0.564. The summed E-state index contributed by atoms with van der Waals surface area (Å²) in [7, 11) is 3.34. The van der Waals surface area contributed by atoms with Crippen LogP contribution >= 0.6 is 0 Å². The first-order valence-electron chi connectivity index (χ1n) is 10.0. The minimum Gasteiger partial charge on any atom is -0.497 e. The van der Waals surface area contributed by atoms with Gasteiger partial charge in [0.1, 0.15) is 17.3 Å². The van der Waals surface area contributed by atoms with Gasteiger partial charge < -0.3 is 19.5 Å². The molecule has 30 heavy (non-hydrogen) atoms. The molecule has 3 rings (SSSR count). The smallest absolute Gasteiger partial charge is 0.129 e. The van der Waals surface area contributed by atoms with Crippen LogP contribution in [0.2, 0.25) is 0 Å². The molecule has 5 heteroatoms. The van der Waals surface area contributed by atoms with E-state index in [4.69, 9.17) is 14.5 Å². The summed E-state index contributed by atoms with van der Waals surface area (Å²) in [4.78, 5) is 6.95. The lowest BCUT2D eigenvalue weighted by Crippen LogP contribution is -2.25. The van der Waals surface area contributed by atoms with Crippen LogP contribution in [0, 0.1) is 0 Å². The van der Waals surface area contributed by atoms with E-state index in [-0.39, 0.29) is 12.0 Å². The second-order valence-corrected chi connectivity index (χ2v) is 8.00. The van der Waals surface area contributed by atoms with E-state index >= 15 is 0 Å². The van der Waals surface area contributed by atoms with Gasteiger partial charge in [0.25, 0.3) is 0 Å². The van der Waals surface area contributed by atoms with Gasteiger partial charge in [0.05, 0.1) is 20.8 Å². The summed E-state index contributed by atoms with van der Waals surface area (Å²) >= 11 is 0. The fourth-order valence-electron chi connectivity index (χ4n) is 3.19. The lowest BCUT2D eigenvalue weighted by Gasteiger charge is -2.26. The molecule has 1 N–H and O–H groups in total. The number of pyridine rings is 1. The lowest BCUT2D eigenvalue weighted by molar-refractivity contribution is 0.218. The van der Waals surface area contributed by atoms with Crippen molar-refractivity contribution >= 4 is 5.82 Å². The third-order valence-corrected chi connectivity index (χ3v) is 5.31. The molecule has 5 nitrogen and oxygen atoms in total. The molecule has 0 saturated heterocycles. The van der Waals surface area contributed by atoms with Crippen molar-refractivity contribution < 1.29 is 14.6 Å². The molecule has 0 fully saturated rings. The normalized spacial score (nSPS) is 11.2. The van der Waals surface area contributed by atoms with Crippen molar-refractivity contribution in [3.63, 3.8) is 0 Å². The van der Waals surface area contributed by atoms with Crippen molar-refractivity contribution in [1.29, 1.82) is 0 Å². The number of anilines is 1. The van der Waals surface area contributed by atoms with Crippen LogP contribution in [0.5, 0.6) is 11.5 Å². The van der Waals surface area contributed by atoms with Crippen molar-refractivity contribution in [2.75, 3.05) is 25.7 Å². The summed E-state index contributed by atoms with van der Waals surface area (Å²) in [6.45, 7) is 5.53. The third-order valence-electron chi connectivity index (χ3n) is 5.31. The summed E-state index contributed by atoms with van der Waals surface area (Å²) in [5.74, 6) is 2.57. The maximum Gasteiger partial charge on any atom is 0.129 e. The summed E-state index contributed by atoms with van der Waals surface area (Å²) in [6.07, 6.45) is 1.86. The first-order valence-corrected chi connectivity index (χ1v) is 10.0. The average Bonchev–Trinajstić information content (AvgIpc) is 2.79. The van der Waals surface area contributed by atoms with Gasteiger partial charge in [-0.25, -0.2) is 4.98 Å². The summed E-state index contributed by atoms with van der Waals surface area (Å²) in [6, 6.07) is 20.3. The van der Waals surface area contributed by atoms with E-state index in [1.54, 1.807) is 14.2 Å². The molecule has 0 spiro atoms. The molecule has 0 atom stereocenters. The number of aromatic nitrogens is 1. The minimum atomic E-state index is -0.317. The van der Waals surface area contributed by atoms with Gasteiger partial charge in [0.15, 0.2) is 0 Å².